The predicted molar refractivity (Wildman–Crippen MR) is 90.5 cm³/mol. The molecule has 1 aromatic carbocycles. The summed E-state index contributed by atoms with van der Waals surface area (Å²) in [4.78, 5) is 20.8. The van der Waals surface area contributed by atoms with E-state index in [0.29, 0.717) is 17.4 Å². The van der Waals surface area contributed by atoms with E-state index < -0.39 is 0 Å². The van der Waals surface area contributed by atoms with Crippen LogP contribution in [-0.4, -0.2) is 21.3 Å². The van der Waals surface area contributed by atoms with E-state index in [2.05, 4.69) is 40.4 Å². The Morgan fingerprint density at radius 3 is 2.91 bits per heavy atom. The molecule has 2 heterocycles. The van der Waals surface area contributed by atoms with Crippen molar-refractivity contribution in [1.82, 2.24) is 10.3 Å². The maximum absolute atomic E-state index is 12.1. The first-order valence-electron chi connectivity index (χ1n) is 7.15. The van der Waals surface area contributed by atoms with Crippen molar-refractivity contribution in [3.63, 3.8) is 0 Å². The topological polar surface area (TPSA) is 54.4 Å². The van der Waals surface area contributed by atoms with E-state index >= 15 is 0 Å². The fraction of sp³-hybridized carbons (Fsp3) is 0.235. The quantitative estimate of drug-likeness (QED) is 0.947. The molecule has 1 unspecified atom stereocenters. The number of nitrogens with zero attached hydrogens (tertiary/aromatic N) is 2. The number of rotatable bonds is 3. The number of hydrogen-bond donors (Lipinski definition) is 1. The Balaban J connectivity index is 1.75. The number of aryl methyl sites for hydroxylation is 2. The molecule has 112 valence electrons. The number of aliphatic imine (C=N–C) groups is 1. The Labute approximate surface area is 134 Å². The molecule has 5 heteroatoms. The molecule has 1 aromatic heterocycles. The Morgan fingerprint density at radius 2 is 2.14 bits per heavy atom. The summed E-state index contributed by atoms with van der Waals surface area (Å²) in [5.41, 5.74) is 3.37. The summed E-state index contributed by atoms with van der Waals surface area (Å²) >= 11 is 1.47. The average Bonchev–Trinajstić information content (AvgIpc) is 2.81. The summed E-state index contributed by atoms with van der Waals surface area (Å²) in [7, 11) is 0. The van der Waals surface area contributed by atoms with Crippen LogP contribution in [0.4, 0.5) is 5.82 Å². The zero-order chi connectivity index (χ0) is 15.5. The van der Waals surface area contributed by atoms with Crippen molar-refractivity contribution in [2.75, 3.05) is 0 Å². The molecule has 0 radical (unpaired) electrons. The molecule has 1 atom stereocenters. The van der Waals surface area contributed by atoms with Gasteiger partial charge in [0.15, 0.2) is 11.0 Å². The standard InChI is InChI=1S/C17H17N3OS/c1-11-5-3-7-13(9-11)10-14-16(21)20-17(22-14)19-15-12(2)6-4-8-18-15/h3-9,14H,10H2,1-2H3,(H,18,19,20,21). The number of benzene rings is 1. The van der Waals surface area contributed by atoms with Crippen LogP contribution in [0.2, 0.25) is 0 Å². The number of pyridine rings is 1. The molecule has 0 bridgehead atoms. The Bertz CT molecular complexity index is 742. The van der Waals surface area contributed by atoms with E-state index in [4.69, 9.17) is 0 Å². The number of amidine groups is 1. The number of carbonyl (C=O) groups is 1. The van der Waals surface area contributed by atoms with Crippen LogP contribution in [-0.2, 0) is 11.2 Å². The van der Waals surface area contributed by atoms with Crippen molar-refractivity contribution in [2.24, 2.45) is 4.99 Å². The highest BCUT2D eigenvalue weighted by Gasteiger charge is 2.30. The second-order valence-corrected chi connectivity index (χ2v) is 6.54. The summed E-state index contributed by atoms with van der Waals surface area (Å²) < 4.78 is 0. The third-order valence-electron chi connectivity index (χ3n) is 3.47. The molecule has 1 aliphatic heterocycles. The number of aromatic nitrogens is 1. The van der Waals surface area contributed by atoms with Crippen LogP contribution in [0.5, 0.6) is 0 Å². The van der Waals surface area contributed by atoms with Gasteiger partial charge in [-0.25, -0.2) is 9.98 Å². The Morgan fingerprint density at radius 1 is 1.27 bits per heavy atom. The lowest BCUT2D eigenvalue weighted by Gasteiger charge is -2.06. The molecular weight excluding hydrogens is 294 g/mol. The monoisotopic (exact) mass is 311 g/mol. The Kier molecular flexibility index (Phi) is 4.24. The van der Waals surface area contributed by atoms with Crippen LogP contribution >= 0.6 is 11.8 Å². The van der Waals surface area contributed by atoms with Crippen LogP contribution in [0.1, 0.15) is 16.7 Å². The van der Waals surface area contributed by atoms with E-state index in [9.17, 15) is 4.79 Å². The summed E-state index contributed by atoms with van der Waals surface area (Å²) in [6, 6.07) is 12.1. The first kappa shape index (κ1) is 14.8. The molecule has 1 N–H and O–H groups in total. The van der Waals surface area contributed by atoms with Crippen molar-refractivity contribution in [2.45, 2.75) is 25.5 Å². The third-order valence-corrected chi connectivity index (χ3v) is 4.55. The van der Waals surface area contributed by atoms with Gasteiger partial charge in [-0.1, -0.05) is 47.7 Å². The van der Waals surface area contributed by atoms with Crippen molar-refractivity contribution in [3.8, 4) is 0 Å². The minimum absolute atomic E-state index is 0.0128. The van der Waals surface area contributed by atoms with Gasteiger partial charge in [-0.2, -0.15) is 0 Å². The second kappa shape index (κ2) is 6.32. The zero-order valence-corrected chi connectivity index (χ0v) is 13.4. The SMILES string of the molecule is Cc1cccc(CC2S/C(=N\c3ncccc3C)NC2=O)c1. The van der Waals surface area contributed by atoms with E-state index in [1.54, 1.807) is 6.20 Å². The van der Waals surface area contributed by atoms with Gasteiger partial charge >= 0.3 is 0 Å². The minimum Gasteiger partial charge on any atom is -0.304 e. The molecule has 22 heavy (non-hydrogen) atoms. The molecule has 1 aliphatic rings. The van der Waals surface area contributed by atoms with Crippen LogP contribution < -0.4 is 5.32 Å². The zero-order valence-electron chi connectivity index (χ0n) is 12.5. The second-order valence-electron chi connectivity index (χ2n) is 5.35. The molecule has 0 aliphatic carbocycles. The molecule has 2 aromatic rings. The van der Waals surface area contributed by atoms with Crippen molar-refractivity contribution in [3.05, 3.63) is 59.3 Å². The largest absolute Gasteiger partial charge is 0.304 e. The number of hydrogen-bond acceptors (Lipinski definition) is 4. The summed E-state index contributed by atoms with van der Waals surface area (Å²) in [5, 5.41) is 3.34. The summed E-state index contributed by atoms with van der Waals surface area (Å²) in [6.45, 7) is 4.01. The van der Waals surface area contributed by atoms with E-state index in [0.717, 1.165) is 5.56 Å². The molecule has 1 amide bonds. The maximum Gasteiger partial charge on any atom is 0.239 e. The van der Waals surface area contributed by atoms with Gasteiger partial charge in [0.2, 0.25) is 5.91 Å². The van der Waals surface area contributed by atoms with Gasteiger partial charge in [-0.05, 0) is 37.5 Å². The van der Waals surface area contributed by atoms with Crippen molar-refractivity contribution in [1.29, 1.82) is 0 Å². The first-order valence-corrected chi connectivity index (χ1v) is 8.03. The van der Waals surface area contributed by atoms with Gasteiger partial charge in [0, 0.05) is 6.20 Å². The molecule has 0 saturated carbocycles. The average molecular weight is 311 g/mol. The smallest absolute Gasteiger partial charge is 0.239 e. The van der Waals surface area contributed by atoms with Crippen LogP contribution in [0, 0.1) is 13.8 Å². The van der Waals surface area contributed by atoms with E-state index in [1.807, 2.05) is 25.1 Å². The van der Waals surface area contributed by atoms with Crippen molar-refractivity contribution >= 4 is 28.7 Å². The fourth-order valence-corrected chi connectivity index (χ4v) is 3.35. The van der Waals surface area contributed by atoms with Crippen molar-refractivity contribution < 1.29 is 4.79 Å². The van der Waals surface area contributed by atoms with Crippen LogP contribution in [0.15, 0.2) is 47.6 Å². The summed E-state index contributed by atoms with van der Waals surface area (Å²) in [5.74, 6) is 0.667. The lowest BCUT2D eigenvalue weighted by atomic mass is 10.1. The van der Waals surface area contributed by atoms with Crippen LogP contribution in [0.25, 0.3) is 0 Å². The van der Waals surface area contributed by atoms with E-state index in [1.165, 1.54) is 22.9 Å². The number of thioether (sulfide) groups is 1. The van der Waals surface area contributed by atoms with Gasteiger partial charge < -0.3 is 5.32 Å². The third kappa shape index (κ3) is 3.36. The number of carbonyl (C=O) groups excluding carboxylic acids is 1. The van der Waals surface area contributed by atoms with Gasteiger partial charge in [0.1, 0.15) is 0 Å². The number of amides is 1. The molecule has 1 saturated heterocycles. The highest BCUT2D eigenvalue weighted by molar-refractivity contribution is 8.15. The normalized spacial score (nSPS) is 19.5. The lowest BCUT2D eigenvalue weighted by molar-refractivity contribution is -0.118. The molecule has 4 nitrogen and oxygen atoms in total. The Hall–Kier alpha value is -2.14. The highest BCUT2D eigenvalue weighted by atomic mass is 32.2. The molecular formula is C17H17N3OS. The minimum atomic E-state index is -0.135. The van der Waals surface area contributed by atoms with Crippen LogP contribution in [0.3, 0.4) is 0 Å². The predicted octanol–water partition coefficient (Wildman–Crippen LogP) is 3.16. The fourth-order valence-electron chi connectivity index (χ4n) is 2.34. The summed E-state index contributed by atoms with van der Waals surface area (Å²) in [6.07, 6.45) is 2.41. The highest BCUT2D eigenvalue weighted by Crippen LogP contribution is 2.26. The van der Waals surface area contributed by atoms with Gasteiger partial charge in [-0.15, -0.1) is 0 Å². The number of nitrogens with one attached hydrogen (secondary N) is 1. The van der Waals surface area contributed by atoms with Gasteiger partial charge in [0.25, 0.3) is 0 Å². The molecule has 1 fully saturated rings. The molecule has 3 rings (SSSR count). The van der Waals surface area contributed by atoms with Gasteiger partial charge in [0.05, 0.1) is 5.25 Å². The lowest BCUT2D eigenvalue weighted by Crippen LogP contribution is -2.26. The van der Waals surface area contributed by atoms with Gasteiger partial charge in [-0.3, -0.25) is 4.79 Å². The first-order chi connectivity index (χ1) is 10.6. The van der Waals surface area contributed by atoms with E-state index in [-0.39, 0.29) is 11.2 Å². The maximum atomic E-state index is 12.1. The molecule has 0 spiro atoms.